The van der Waals surface area contributed by atoms with Gasteiger partial charge in [-0.3, -0.25) is 10.1 Å². The maximum atomic E-state index is 12.0. The number of ether oxygens (including phenoxy) is 1. The zero-order valence-corrected chi connectivity index (χ0v) is 10.1. The number of carbonyl (C=O) groups is 1. The predicted octanol–water partition coefficient (Wildman–Crippen LogP) is 0.825. The van der Waals surface area contributed by atoms with Crippen LogP contribution >= 0.6 is 0 Å². The maximum absolute atomic E-state index is 12.0. The molecule has 1 aliphatic rings. The van der Waals surface area contributed by atoms with Crippen molar-refractivity contribution in [2.24, 2.45) is 5.92 Å². The van der Waals surface area contributed by atoms with Gasteiger partial charge in [0.05, 0.1) is 12.7 Å². The molecule has 4 nitrogen and oxygen atoms in total. The first-order valence-electron chi connectivity index (χ1n) is 5.60. The molecule has 0 saturated carbocycles. The molecular formula is C11H22N2O2. The maximum Gasteiger partial charge on any atom is 0.241 e. The minimum atomic E-state index is -0.00463. The first kappa shape index (κ1) is 12.5. The van der Waals surface area contributed by atoms with Gasteiger partial charge in [-0.1, -0.05) is 13.8 Å². The van der Waals surface area contributed by atoms with Gasteiger partial charge in [0.1, 0.15) is 0 Å². The van der Waals surface area contributed by atoms with Crippen molar-refractivity contribution in [1.82, 2.24) is 10.2 Å². The van der Waals surface area contributed by atoms with Gasteiger partial charge < -0.3 is 9.64 Å². The van der Waals surface area contributed by atoms with Crippen molar-refractivity contribution in [1.29, 1.82) is 0 Å². The number of nitrogens with one attached hydrogen (secondary N) is 1. The van der Waals surface area contributed by atoms with Crippen LogP contribution in [0.3, 0.4) is 0 Å². The fourth-order valence-corrected chi connectivity index (χ4v) is 1.88. The van der Waals surface area contributed by atoms with E-state index in [1.54, 1.807) is 7.11 Å². The monoisotopic (exact) mass is 214 g/mol. The summed E-state index contributed by atoms with van der Waals surface area (Å²) < 4.78 is 5.02. The highest BCUT2D eigenvalue weighted by molar-refractivity contribution is 5.84. The van der Waals surface area contributed by atoms with Crippen LogP contribution in [-0.2, 0) is 9.53 Å². The smallest absolute Gasteiger partial charge is 0.241 e. The SMILES string of the molecule is COCCC(C)N1CNC(C(C)C)C1=O. The average molecular weight is 214 g/mol. The molecule has 88 valence electrons. The Balaban J connectivity index is 2.48. The molecule has 2 atom stereocenters. The van der Waals surface area contributed by atoms with Crippen LogP contribution in [0, 0.1) is 5.92 Å². The van der Waals surface area contributed by atoms with Crippen LogP contribution in [-0.4, -0.2) is 43.3 Å². The Labute approximate surface area is 92.0 Å². The van der Waals surface area contributed by atoms with E-state index in [0.717, 1.165) is 6.42 Å². The highest BCUT2D eigenvalue weighted by atomic mass is 16.5. The van der Waals surface area contributed by atoms with E-state index >= 15 is 0 Å². The summed E-state index contributed by atoms with van der Waals surface area (Å²) in [7, 11) is 1.69. The first-order chi connectivity index (χ1) is 7.07. The van der Waals surface area contributed by atoms with E-state index in [-0.39, 0.29) is 18.0 Å². The second kappa shape index (κ2) is 5.47. The minimum absolute atomic E-state index is 0.00463. The van der Waals surface area contributed by atoms with Gasteiger partial charge in [0.25, 0.3) is 0 Å². The average Bonchev–Trinajstić information content (AvgIpc) is 2.56. The molecule has 2 unspecified atom stereocenters. The van der Waals surface area contributed by atoms with Crippen molar-refractivity contribution < 1.29 is 9.53 Å². The molecule has 0 bridgehead atoms. The van der Waals surface area contributed by atoms with Crippen LogP contribution in [0.4, 0.5) is 0 Å². The van der Waals surface area contributed by atoms with Crippen molar-refractivity contribution in [2.45, 2.75) is 39.3 Å². The Morgan fingerprint density at radius 3 is 2.67 bits per heavy atom. The Morgan fingerprint density at radius 1 is 1.53 bits per heavy atom. The lowest BCUT2D eigenvalue weighted by Gasteiger charge is -2.24. The molecule has 0 aromatic carbocycles. The number of hydrogen-bond acceptors (Lipinski definition) is 3. The van der Waals surface area contributed by atoms with Crippen molar-refractivity contribution in [3.8, 4) is 0 Å². The highest BCUT2D eigenvalue weighted by Crippen LogP contribution is 2.15. The molecule has 1 saturated heterocycles. The van der Waals surface area contributed by atoms with Crippen LogP contribution < -0.4 is 5.32 Å². The van der Waals surface area contributed by atoms with E-state index in [4.69, 9.17) is 4.74 Å². The Hall–Kier alpha value is -0.610. The molecule has 1 fully saturated rings. The number of rotatable bonds is 5. The van der Waals surface area contributed by atoms with Crippen LogP contribution in [0.15, 0.2) is 0 Å². The summed E-state index contributed by atoms with van der Waals surface area (Å²) >= 11 is 0. The fourth-order valence-electron chi connectivity index (χ4n) is 1.88. The van der Waals surface area contributed by atoms with Crippen LogP contribution in [0.5, 0.6) is 0 Å². The Kier molecular flexibility index (Phi) is 4.54. The Bertz CT molecular complexity index is 219. The standard InChI is InChI=1S/C11H22N2O2/c1-8(2)10-11(14)13(7-12-10)9(3)5-6-15-4/h8-10,12H,5-7H2,1-4H3. The van der Waals surface area contributed by atoms with E-state index in [1.807, 2.05) is 4.90 Å². The minimum Gasteiger partial charge on any atom is -0.385 e. The highest BCUT2D eigenvalue weighted by Gasteiger charge is 2.35. The number of methoxy groups -OCH3 is 1. The topological polar surface area (TPSA) is 41.6 Å². The molecule has 1 N–H and O–H groups in total. The molecule has 1 heterocycles. The summed E-state index contributed by atoms with van der Waals surface area (Å²) in [5.74, 6) is 0.589. The second-order valence-corrected chi connectivity index (χ2v) is 4.52. The van der Waals surface area contributed by atoms with Gasteiger partial charge in [0.15, 0.2) is 0 Å². The van der Waals surface area contributed by atoms with E-state index in [9.17, 15) is 4.79 Å². The molecular weight excluding hydrogens is 192 g/mol. The molecule has 1 amide bonds. The number of hydrogen-bond donors (Lipinski definition) is 1. The zero-order chi connectivity index (χ0) is 11.4. The van der Waals surface area contributed by atoms with Crippen molar-refractivity contribution in [3.05, 3.63) is 0 Å². The van der Waals surface area contributed by atoms with Crippen LogP contribution in [0.1, 0.15) is 27.2 Å². The van der Waals surface area contributed by atoms with Gasteiger partial charge in [0.2, 0.25) is 5.91 Å². The molecule has 1 aliphatic heterocycles. The number of carbonyl (C=O) groups excluding carboxylic acids is 1. The lowest BCUT2D eigenvalue weighted by atomic mass is 10.0. The van der Waals surface area contributed by atoms with Gasteiger partial charge in [-0.05, 0) is 19.3 Å². The first-order valence-corrected chi connectivity index (χ1v) is 5.60. The van der Waals surface area contributed by atoms with E-state index < -0.39 is 0 Å². The number of nitrogens with zero attached hydrogens (tertiary/aromatic N) is 1. The number of amides is 1. The quantitative estimate of drug-likeness (QED) is 0.737. The van der Waals surface area contributed by atoms with Gasteiger partial charge in [-0.2, -0.15) is 0 Å². The van der Waals surface area contributed by atoms with Gasteiger partial charge in [0, 0.05) is 19.8 Å². The summed E-state index contributed by atoms with van der Waals surface area (Å²) in [5.41, 5.74) is 0. The van der Waals surface area contributed by atoms with Crippen molar-refractivity contribution in [2.75, 3.05) is 20.4 Å². The molecule has 4 heteroatoms. The lowest BCUT2D eigenvalue weighted by Crippen LogP contribution is -2.39. The summed E-state index contributed by atoms with van der Waals surface area (Å²) in [6.07, 6.45) is 0.898. The summed E-state index contributed by atoms with van der Waals surface area (Å²) in [6, 6.07) is 0.253. The van der Waals surface area contributed by atoms with E-state index in [0.29, 0.717) is 19.2 Å². The largest absolute Gasteiger partial charge is 0.385 e. The fraction of sp³-hybridized carbons (Fsp3) is 0.909. The third kappa shape index (κ3) is 2.92. The third-order valence-electron chi connectivity index (χ3n) is 2.97. The zero-order valence-electron chi connectivity index (χ0n) is 10.1. The van der Waals surface area contributed by atoms with E-state index in [2.05, 4.69) is 26.1 Å². The lowest BCUT2D eigenvalue weighted by molar-refractivity contribution is -0.131. The molecule has 0 aliphatic carbocycles. The van der Waals surface area contributed by atoms with Crippen molar-refractivity contribution >= 4 is 5.91 Å². The van der Waals surface area contributed by atoms with Gasteiger partial charge in [-0.25, -0.2) is 0 Å². The molecule has 0 aromatic rings. The summed E-state index contributed by atoms with van der Waals surface area (Å²) in [6.45, 7) is 7.59. The van der Waals surface area contributed by atoms with Crippen LogP contribution in [0.2, 0.25) is 0 Å². The summed E-state index contributed by atoms with van der Waals surface area (Å²) in [5, 5.41) is 3.25. The molecule has 15 heavy (non-hydrogen) atoms. The molecule has 0 radical (unpaired) electrons. The normalized spacial score (nSPS) is 23.9. The second-order valence-electron chi connectivity index (χ2n) is 4.52. The predicted molar refractivity (Wildman–Crippen MR) is 59.4 cm³/mol. The molecule has 1 rings (SSSR count). The molecule has 0 aromatic heterocycles. The van der Waals surface area contributed by atoms with E-state index in [1.165, 1.54) is 0 Å². The van der Waals surface area contributed by atoms with Crippen LogP contribution in [0.25, 0.3) is 0 Å². The summed E-state index contributed by atoms with van der Waals surface area (Å²) in [4.78, 5) is 13.9. The molecule has 0 spiro atoms. The van der Waals surface area contributed by atoms with Gasteiger partial charge >= 0.3 is 0 Å². The van der Waals surface area contributed by atoms with Gasteiger partial charge in [-0.15, -0.1) is 0 Å². The Morgan fingerprint density at radius 2 is 2.20 bits per heavy atom. The third-order valence-corrected chi connectivity index (χ3v) is 2.97. The van der Waals surface area contributed by atoms with Crippen molar-refractivity contribution in [3.63, 3.8) is 0 Å².